The van der Waals surface area contributed by atoms with Crippen molar-refractivity contribution in [1.29, 1.82) is 0 Å². The number of carboxylic acid groups (broad SMARTS) is 1. The first-order valence-corrected chi connectivity index (χ1v) is 10.3. The summed E-state index contributed by atoms with van der Waals surface area (Å²) >= 11 is 0. The molecule has 0 unspecified atom stereocenters. The minimum absolute atomic E-state index is 0. The number of carbonyl (C=O) groups excluding carboxylic acids is 1. The molecule has 1 atom stereocenters. The monoisotopic (exact) mass is 380 g/mol. The van der Waals surface area contributed by atoms with E-state index >= 15 is 0 Å². The van der Waals surface area contributed by atoms with Crippen molar-refractivity contribution in [2.45, 2.75) is 109 Å². The first-order chi connectivity index (χ1) is 12.1. The normalized spacial score (nSPS) is 11.6. The third kappa shape index (κ3) is 18.7. The summed E-state index contributed by atoms with van der Waals surface area (Å²) < 4.78 is 0. The van der Waals surface area contributed by atoms with Crippen LogP contribution in [0.15, 0.2) is 0 Å². The maximum atomic E-state index is 11.9. The van der Waals surface area contributed by atoms with Crippen LogP contribution in [0.1, 0.15) is 103 Å². The van der Waals surface area contributed by atoms with Crippen LogP contribution in [0.25, 0.3) is 0 Å². The van der Waals surface area contributed by atoms with E-state index in [2.05, 4.69) is 12.2 Å². The van der Waals surface area contributed by atoms with Crippen LogP contribution in [0.3, 0.4) is 0 Å². The molecule has 6 heteroatoms. The number of hydrogen-bond donors (Lipinski definition) is 3. The van der Waals surface area contributed by atoms with Crippen molar-refractivity contribution in [2.24, 2.45) is 5.73 Å². The van der Waals surface area contributed by atoms with Crippen molar-refractivity contribution < 1.29 is 14.7 Å². The Morgan fingerprint density at radius 2 is 1.35 bits per heavy atom. The molecule has 0 aliphatic heterocycles. The summed E-state index contributed by atoms with van der Waals surface area (Å²) in [7, 11) is 0. The Bertz CT molecular complexity index is 341. The van der Waals surface area contributed by atoms with Crippen LogP contribution in [0, 0.1) is 0 Å². The zero-order valence-corrected chi connectivity index (χ0v) is 16.2. The van der Waals surface area contributed by atoms with Crippen LogP contribution in [0.5, 0.6) is 0 Å². The number of unbranched alkanes of at least 4 members (excludes halogenated alkanes) is 11. The van der Waals surface area contributed by atoms with Gasteiger partial charge in [-0.3, -0.25) is 4.79 Å². The number of carboxylic acids is 1. The van der Waals surface area contributed by atoms with Crippen LogP contribution < -0.4 is 11.1 Å². The van der Waals surface area contributed by atoms with Gasteiger partial charge in [0.1, 0.15) is 6.04 Å². The Hall–Kier alpha value is -0.100. The Morgan fingerprint density at radius 3 is 1.81 bits per heavy atom. The predicted octanol–water partition coefficient (Wildman–Crippen LogP) is 3.74. The van der Waals surface area contributed by atoms with Crippen molar-refractivity contribution in [3.05, 3.63) is 0 Å². The Labute approximate surface area is 182 Å². The summed E-state index contributed by atoms with van der Waals surface area (Å²) in [6.45, 7) is 2.79. The Kier molecular flexibility index (Phi) is 22.9. The molecule has 0 bridgehead atoms. The second-order valence-corrected chi connectivity index (χ2v) is 7.03. The summed E-state index contributed by atoms with van der Waals surface area (Å²) in [4.78, 5) is 23.0. The van der Waals surface area contributed by atoms with E-state index in [1.807, 2.05) is 0 Å². The molecule has 0 saturated heterocycles. The van der Waals surface area contributed by atoms with E-state index in [-0.39, 0.29) is 35.5 Å². The minimum atomic E-state index is -0.954. The van der Waals surface area contributed by atoms with E-state index in [9.17, 15) is 9.59 Å². The van der Waals surface area contributed by atoms with Gasteiger partial charge in [0.15, 0.2) is 0 Å². The van der Waals surface area contributed by atoms with Crippen LogP contribution >= 0.6 is 0 Å². The zero-order chi connectivity index (χ0) is 18.8. The van der Waals surface area contributed by atoms with Crippen molar-refractivity contribution >= 4 is 41.4 Å². The number of carbonyl (C=O) groups is 2. The van der Waals surface area contributed by atoms with Gasteiger partial charge in [-0.2, -0.15) is 0 Å². The average molecular weight is 381 g/mol. The van der Waals surface area contributed by atoms with Gasteiger partial charge in [0.05, 0.1) is 0 Å². The number of rotatable bonds is 18. The van der Waals surface area contributed by atoms with Gasteiger partial charge in [0.2, 0.25) is 5.91 Å². The van der Waals surface area contributed by atoms with Gasteiger partial charge in [-0.1, -0.05) is 71.1 Å². The van der Waals surface area contributed by atoms with Crippen molar-refractivity contribution in [2.75, 3.05) is 6.54 Å². The van der Waals surface area contributed by atoms with E-state index in [0.717, 1.165) is 25.7 Å². The molecular formula is C20H41N2NaO3. The van der Waals surface area contributed by atoms with Crippen LogP contribution in [0.4, 0.5) is 0 Å². The molecule has 1 amide bonds. The average Bonchev–Trinajstić information content (AvgIpc) is 2.58. The van der Waals surface area contributed by atoms with E-state index < -0.39 is 12.0 Å². The standard InChI is InChI=1S/C20H40N2O3.Na.H/c1-2-3-4-5-6-7-8-9-10-11-12-16-19(23)22-18(20(24)25)15-13-14-17-21;;/h18H,2-17,21H2,1H3,(H,22,23)(H,24,25);;/t18-;;/m0../s1. The first kappa shape index (κ1) is 28.1. The molecular weight excluding hydrogens is 339 g/mol. The zero-order valence-electron chi connectivity index (χ0n) is 16.2. The molecule has 0 aliphatic rings. The van der Waals surface area contributed by atoms with E-state index in [1.54, 1.807) is 0 Å². The van der Waals surface area contributed by atoms with Crippen molar-refractivity contribution in [3.63, 3.8) is 0 Å². The molecule has 0 aromatic carbocycles. The third-order valence-electron chi connectivity index (χ3n) is 4.59. The molecule has 0 spiro atoms. The number of nitrogens with two attached hydrogens (primary N) is 1. The molecule has 26 heavy (non-hydrogen) atoms. The van der Waals surface area contributed by atoms with E-state index in [0.29, 0.717) is 19.4 Å². The van der Waals surface area contributed by atoms with E-state index in [4.69, 9.17) is 10.8 Å². The summed E-state index contributed by atoms with van der Waals surface area (Å²) in [5.41, 5.74) is 5.41. The first-order valence-electron chi connectivity index (χ1n) is 10.3. The van der Waals surface area contributed by atoms with Gasteiger partial charge in [-0.25, -0.2) is 4.79 Å². The van der Waals surface area contributed by atoms with Crippen LogP contribution in [0.2, 0.25) is 0 Å². The topological polar surface area (TPSA) is 92.4 Å². The molecule has 5 nitrogen and oxygen atoms in total. The number of hydrogen-bond acceptors (Lipinski definition) is 3. The molecule has 0 aromatic heterocycles. The molecule has 150 valence electrons. The fourth-order valence-corrected chi connectivity index (χ4v) is 2.97. The van der Waals surface area contributed by atoms with Crippen molar-refractivity contribution in [3.8, 4) is 0 Å². The number of amides is 1. The second-order valence-electron chi connectivity index (χ2n) is 7.03. The summed E-state index contributed by atoms with van der Waals surface area (Å²) in [6.07, 6.45) is 16.1. The Morgan fingerprint density at radius 1 is 0.846 bits per heavy atom. The molecule has 0 radical (unpaired) electrons. The molecule has 4 N–H and O–H groups in total. The second kappa shape index (κ2) is 21.2. The molecule has 0 saturated carbocycles. The number of aliphatic carboxylic acids is 1. The van der Waals surface area contributed by atoms with Crippen LogP contribution in [-0.2, 0) is 9.59 Å². The summed E-state index contributed by atoms with van der Waals surface area (Å²) in [5.74, 6) is -1.10. The molecule has 0 fully saturated rings. The third-order valence-corrected chi connectivity index (χ3v) is 4.59. The van der Waals surface area contributed by atoms with Crippen LogP contribution in [-0.4, -0.2) is 59.1 Å². The van der Waals surface area contributed by atoms with Gasteiger partial charge < -0.3 is 16.2 Å². The molecule has 0 aliphatic carbocycles. The number of nitrogens with one attached hydrogen (secondary N) is 1. The summed E-state index contributed by atoms with van der Waals surface area (Å²) in [5, 5.41) is 11.8. The molecule has 0 heterocycles. The maximum absolute atomic E-state index is 11.9. The van der Waals surface area contributed by atoms with Gasteiger partial charge in [-0.05, 0) is 32.2 Å². The van der Waals surface area contributed by atoms with Crippen molar-refractivity contribution in [1.82, 2.24) is 5.32 Å². The van der Waals surface area contributed by atoms with E-state index in [1.165, 1.54) is 57.8 Å². The Balaban J connectivity index is 0. The fraction of sp³-hybridized carbons (Fsp3) is 0.900. The van der Waals surface area contributed by atoms with Gasteiger partial charge in [0, 0.05) is 6.42 Å². The van der Waals surface area contributed by atoms with Gasteiger partial charge >= 0.3 is 35.5 Å². The fourth-order valence-electron chi connectivity index (χ4n) is 2.97. The quantitative estimate of drug-likeness (QED) is 0.249. The molecule has 0 aromatic rings. The molecule has 0 rings (SSSR count). The van der Waals surface area contributed by atoms with Gasteiger partial charge in [-0.15, -0.1) is 0 Å². The summed E-state index contributed by atoms with van der Waals surface area (Å²) in [6, 6.07) is -0.772. The van der Waals surface area contributed by atoms with Gasteiger partial charge in [0.25, 0.3) is 0 Å². The predicted molar refractivity (Wildman–Crippen MR) is 111 cm³/mol. The SMILES string of the molecule is CCCCCCCCCCCCCC(=O)N[C@@H](CCCCN)C(=O)O.[NaH].